The van der Waals surface area contributed by atoms with Crippen LogP contribution in [0.5, 0.6) is 0 Å². The molecule has 2 aromatic heterocycles. The molecule has 2 N–H and O–H groups in total. The van der Waals surface area contributed by atoms with Crippen molar-refractivity contribution in [2.75, 3.05) is 0 Å². The maximum absolute atomic E-state index is 11.9. The summed E-state index contributed by atoms with van der Waals surface area (Å²) >= 11 is 0. The van der Waals surface area contributed by atoms with Crippen LogP contribution in [-0.2, 0) is 4.79 Å². The Morgan fingerprint density at radius 3 is 2.95 bits per heavy atom. The minimum absolute atomic E-state index is 0.123. The first-order valence-electron chi connectivity index (χ1n) is 5.68. The highest BCUT2D eigenvalue weighted by atomic mass is 16.4. The summed E-state index contributed by atoms with van der Waals surface area (Å²) in [5.74, 6) is -0.693. The van der Waals surface area contributed by atoms with Crippen molar-refractivity contribution in [3.8, 4) is 11.4 Å². The molecule has 2 heterocycles. The number of pyridine rings is 1. The number of hydrogen-bond donors (Lipinski definition) is 2. The van der Waals surface area contributed by atoms with Gasteiger partial charge in [0.2, 0.25) is 0 Å². The third kappa shape index (κ3) is 2.67. The summed E-state index contributed by atoms with van der Waals surface area (Å²) in [6.07, 6.45) is 1.40. The number of rotatable bonds is 4. The van der Waals surface area contributed by atoms with E-state index in [1.807, 2.05) is 0 Å². The maximum Gasteiger partial charge on any atom is 0.305 e. The first-order chi connectivity index (χ1) is 8.99. The number of tetrazole rings is 1. The smallest absolute Gasteiger partial charge is 0.305 e. The molecule has 8 nitrogen and oxygen atoms in total. The van der Waals surface area contributed by atoms with Crippen LogP contribution in [0.2, 0.25) is 0 Å². The van der Waals surface area contributed by atoms with Crippen molar-refractivity contribution in [3.63, 3.8) is 0 Å². The molecule has 100 valence electrons. The van der Waals surface area contributed by atoms with E-state index < -0.39 is 12.0 Å². The van der Waals surface area contributed by atoms with Gasteiger partial charge in [-0.15, -0.1) is 5.10 Å². The minimum Gasteiger partial charge on any atom is -0.481 e. The molecular formula is C11H13N5O3. The molecule has 2 rings (SSSR count). The van der Waals surface area contributed by atoms with Crippen molar-refractivity contribution < 1.29 is 9.90 Å². The number of carboxylic acids is 1. The van der Waals surface area contributed by atoms with E-state index in [-0.39, 0.29) is 17.7 Å². The third-order valence-electron chi connectivity index (χ3n) is 2.68. The lowest BCUT2D eigenvalue weighted by Gasteiger charge is -2.10. The average molecular weight is 263 g/mol. The summed E-state index contributed by atoms with van der Waals surface area (Å²) in [6, 6.07) is 0.999. The van der Waals surface area contributed by atoms with Gasteiger partial charge in [0.1, 0.15) is 0 Å². The maximum atomic E-state index is 11.9. The van der Waals surface area contributed by atoms with Crippen LogP contribution < -0.4 is 5.43 Å². The van der Waals surface area contributed by atoms with Crippen LogP contribution in [-0.4, -0.2) is 36.3 Å². The monoisotopic (exact) mass is 263 g/mol. The third-order valence-corrected chi connectivity index (χ3v) is 2.68. The van der Waals surface area contributed by atoms with E-state index in [0.29, 0.717) is 5.56 Å². The Kier molecular flexibility index (Phi) is 3.41. The first kappa shape index (κ1) is 12.9. The molecule has 0 bridgehead atoms. The molecule has 0 aliphatic carbocycles. The number of H-pyrrole nitrogens is 1. The number of aromatic nitrogens is 5. The van der Waals surface area contributed by atoms with Crippen molar-refractivity contribution in [2.45, 2.75) is 26.3 Å². The van der Waals surface area contributed by atoms with Gasteiger partial charge in [-0.3, -0.25) is 9.59 Å². The van der Waals surface area contributed by atoms with Crippen molar-refractivity contribution >= 4 is 5.97 Å². The molecule has 0 saturated heterocycles. The van der Waals surface area contributed by atoms with E-state index in [9.17, 15) is 9.59 Å². The fourth-order valence-corrected chi connectivity index (χ4v) is 1.75. The predicted octanol–water partition coefficient (Wildman–Crippen LogP) is 0.373. The Hall–Kier alpha value is -2.51. The second-order valence-corrected chi connectivity index (χ2v) is 4.29. The largest absolute Gasteiger partial charge is 0.481 e. The lowest BCUT2D eigenvalue weighted by Crippen LogP contribution is -2.16. The van der Waals surface area contributed by atoms with Crippen LogP contribution in [0.1, 0.15) is 25.1 Å². The number of carboxylic acid groups (broad SMARTS) is 1. The van der Waals surface area contributed by atoms with E-state index in [0.717, 1.165) is 5.69 Å². The lowest BCUT2D eigenvalue weighted by molar-refractivity contribution is -0.137. The van der Waals surface area contributed by atoms with Gasteiger partial charge in [0.15, 0.2) is 11.3 Å². The molecule has 0 aliphatic heterocycles. The number of aromatic amines is 1. The van der Waals surface area contributed by atoms with Crippen molar-refractivity contribution in [2.24, 2.45) is 0 Å². The van der Waals surface area contributed by atoms with Crippen molar-refractivity contribution in [1.82, 2.24) is 25.2 Å². The molecule has 1 unspecified atom stereocenters. The summed E-state index contributed by atoms with van der Waals surface area (Å²) in [5.41, 5.74) is 0.828. The molecule has 0 aromatic carbocycles. The van der Waals surface area contributed by atoms with Crippen LogP contribution in [0, 0.1) is 6.92 Å². The predicted molar refractivity (Wildman–Crippen MR) is 65.6 cm³/mol. The summed E-state index contributed by atoms with van der Waals surface area (Å²) in [4.78, 5) is 25.5. The molecule has 8 heteroatoms. The number of nitrogens with zero attached hydrogens (tertiary/aromatic N) is 4. The molecular weight excluding hydrogens is 250 g/mol. The zero-order chi connectivity index (χ0) is 14.0. The van der Waals surface area contributed by atoms with Gasteiger partial charge >= 0.3 is 5.97 Å². The Morgan fingerprint density at radius 2 is 2.32 bits per heavy atom. The van der Waals surface area contributed by atoms with E-state index in [1.54, 1.807) is 13.8 Å². The van der Waals surface area contributed by atoms with Crippen LogP contribution in [0.25, 0.3) is 11.4 Å². The topological polar surface area (TPSA) is 114 Å². The summed E-state index contributed by atoms with van der Waals surface area (Å²) in [5, 5.41) is 19.8. The molecule has 0 spiro atoms. The zero-order valence-electron chi connectivity index (χ0n) is 10.5. The van der Waals surface area contributed by atoms with Gasteiger partial charge in [-0.05, 0) is 24.3 Å². The Morgan fingerprint density at radius 1 is 1.58 bits per heavy atom. The Labute approximate surface area is 108 Å². The van der Waals surface area contributed by atoms with Gasteiger partial charge in [0, 0.05) is 18.0 Å². The van der Waals surface area contributed by atoms with Crippen molar-refractivity contribution in [3.05, 3.63) is 28.2 Å². The number of carbonyl (C=O) groups is 1. The second-order valence-electron chi connectivity index (χ2n) is 4.29. The minimum atomic E-state index is -0.952. The number of hydrogen-bond acceptors (Lipinski definition) is 5. The van der Waals surface area contributed by atoms with Crippen LogP contribution in [0.15, 0.2) is 17.1 Å². The number of nitrogens with one attached hydrogen (secondary N) is 1. The number of aryl methyl sites for hydroxylation is 1. The van der Waals surface area contributed by atoms with E-state index in [1.165, 1.54) is 16.9 Å². The van der Waals surface area contributed by atoms with Gasteiger partial charge < -0.3 is 10.1 Å². The zero-order valence-corrected chi connectivity index (χ0v) is 10.5. The van der Waals surface area contributed by atoms with Gasteiger partial charge in [-0.25, -0.2) is 4.68 Å². The van der Waals surface area contributed by atoms with Gasteiger partial charge in [-0.1, -0.05) is 0 Å². The molecule has 19 heavy (non-hydrogen) atoms. The second kappa shape index (κ2) is 5.01. The fraction of sp³-hybridized carbons (Fsp3) is 0.364. The first-order valence-corrected chi connectivity index (χ1v) is 5.68. The Balaban J connectivity index is 2.44. The summed E-state index contributed by atoms with van der Waals surface area (Å²) in [7, 11) is 0. The molecule has 2 aromatic rings. The lowest BCUT2D eigenvalue weighted by atomic mass is 10.2. The highest BCUT2D eigenvalue weighted by Gasteiger charge is 2.18. The standard InChI is InChI=1S/C11H13N5O3/c1-6-3-9(17)8(5-12-6)11-13-14-15-16(11)7(2)4-10(18)19/h3,5,7H,4H2,1-2H3,(H,12,17)(H,18,19). The number of aliphatic carboxylic acids is 1. The SMILES string of the molecule is Cc1cc(=O)c(-c2nnnn2C(C)CC(=O)O)c[nH]1. The van der Waals surface area contributed by atoms with E-state index in [4.69, 9.17) is 5.11 Å². The quantitative estimate of drug-likeness (QED) is 0.823. The van der Waals surface area contributed by atoms with E-state index in [2.05, 4.69) is 20.5 Å². The highest BCUT2D eigenvalue weighted by molar-refractivity contribution is 5.67. The average Bonchev–Trinajstić information content (AvgIpc) is 2.76. The summed E-state index contributed by atoms with van der Waals surface area (Å²) < 4.78 is 1.34. The molecule has 1 atom stereocenters. The molecule has 0 fully saturated rings. The normalized spacial score (nSPS) is 12.3. The van der Waals surface area contributed by atoms with Crippen LogP contribution in [0.3, 0.4) is 0 Å². The Bertz CT molecular complexity index is 660. The molecule has 0 amide bonds. The molecule has 0 aliphatic rings. The van der Waals surface area contributed by atoms with Crippen molar-refractivity contribution in [1.29, 1.82) is 0 Å². The van der Waals surface area contributed by atoms with Crippen LogP contribution in [0.4, 0.5) is 0 Å². The van der Waals surface area contributed by atoms with Crippen LogP contribution >= 0.6 is 0 Å². The fourth-order valence-electron chi connectivity index (χ4n) is 1.75. The highest BCUT2D eigenvalue weighted by Crippen LogP contribution is 2.17. The molecule has 0 saturated carbocycles. The van der Waals surface area contributed by atoms with Gasteiger partial charge in [0.25, 0.3) is 0 Å². The summed E-state index contributed by atoms with van der Waals surface area (Å²) in [6.45, 7) is 3.44. The molecule has 0 radical (unpaired) electrons. The van der Waals surface area contributed by atoms with Gasteiger partial charge in [0.05, 0.1) is 18.0 Å². The van der Waals surface area contributed by atoms with Gasteiger partial charge in [-0.2, -0.15) is 0 Å². The van der Waals surface area contributed by atoms with E-state index >= 15 is 0 Å².